The van der Waals surface area contributed by atoms with E-state index in [4.69, 9.17) is 38.4 Å². The second-order valence-corrected chi connectivity index (χ2v) is 20.2. The first-order valence-electron chi connectivity index (χ1n) is 28.3. The molecule has 15 heteroatoms. The Kier molecular flexibility index (Phi) is 26.6. The number of amides is 2. The number of benzene rings is 3. The molecule has 0 aromatic heterocycles. The first-order valence-corrected chi connectivity index (χ1v) is 28.3. The maximum absolute atomic E-state index is 14.8. The van der Waals surface area contributed by atoms with E-state index in [9.17, 15) is 24.9 Å². The molecule has 6 rings (SSSR count). The summed E-state index contributed by atoms with van der Waals surface area (Å²) in [6.07, 6.45) is 19.1. The molecular formula is C61H87N3O12. The van der Waals surface area contributed by atoms with Gasteiger partial charge in [0, 0.05) is 44.2 Å². The lowest BCUT2D eigenvalue weighted by molar-refractivity contribution is -0.256. The summed E-state index contributed by atoms with van der Waals surface area (Å²) >= 11 is 0. The average molecular weight is 1050 g/mol. The number of aliphatic hydroxyl groups excluding tert-OH is 3. The summed E-state index contributed by atoms with van der Waals surface area (Å²) in [6.45, 7) is 7.60. The van der Waals surface area contributed by atoms with Crippen LogP contribution >= 0.6 is 0 Å². The molecule has 6 atom stereocenters. The molecule has 0 spiro atoms. The lowest BCUT2D eigenvalue weighted by atomic mass is 9.55. The molecule has 3 aromatic carbocycles. The molecule has 0 radical (unpaired) electrons. The van der Waals surface area contributed by atoms with Crippen molar-refractivity contribution < 1.29 is 58.2 Å². The minimum absolute atomic E-state index is 0.0156. The summed E-state index contributed by atoms with van der Waals surface area (Å²) in [5.74, 6) is -1.76. The van der Waals surface area contributed by atoms with E-state index in [0.29, 0.717) is 43.2 Å². The highest BCUT2D eigenvalue weighted by atomic mass is 16.7. The average Bonchev–Trinajstić information content (AvgIpc) is 3.48. The van der Waals surface area contributed by atoms with Gasteiger partial charge in [-0.25, -0.2) is 9.59 Å². The summed E-state index contributed by atoms with van der Waals surface area (Å²) in [4.78, 5) is 36.1. The van der Waals surface area contributed by atoms with Gasteiger partial charge in [0.05, 0.1) is 51.3 Å². The van der Waals surface area contributed by atoms with Crippen LogP contribution in [0.15, 0.2) is 108 Å². The van der Waals surface area contributed by atoms with Crippen molar-refractivity contribution in [2.45, 2.75) is 147 Å². The van der Waals surface area contributed by atoms with E-state index in [1.165, 1.54) is 44.9 Å². The Morgan fingerprint density at radius 2 is 1.46 bits per heavy atom. The Labute approximate surface area is 452 Å². The van der Waals surface area contributed by atoms with Crippen LogP contribution in [0.5, 0.6) is 11.5 Å². The molecule has 1 fully saturated rings. The largest absolute Gasteiger partial charge is 0.459 e. The fraction of sp³-hybridized carbons (Fsp3) is 0.590. The number of hydrogen-bond donors (Lipinski definition) is 4. The van der Waals surface area contributed by atoms with E-state index in [0.717, 1.165) is 67.2 Å². The minimum atomic E-state index is -1.57. The zero-order chi connectivity index (χ0) is 53.6. The van der Waals surface area contributed by atoms with Gasteiger partial charge in [-0.15, -0.1) is 6.58 Å². The third-order valence-corrected chi connectivity index (χ3v) is 14.8. The van der Waals surface area contributed by atoms with E-state index >= 15 is 0 Å². The molecule has 1 saturated carbocycles. The predicted molar refractivity (Wildman–Crippen MR) is 294 cm³/mol. The van der Waals surface area contributed by atoms with Crippen LogP contribution < -0.4 is 14.8 Å². The van der Waals surface area contributed by atoms with Crippen molar-refractivity contribution in [2.75, 3.05) is 65.9 Å². The highest BCUT2D eigenvalue weighted by Gasteiger charge is 2.65. The van der Waals surface area contributed by atoms with Crippen LogP contribution in [0.25, 0.3) is 0 Å². The van der Waals surface area contributed by atoms with Crippen LogP contribution in [0.4, 0.5) is 9.59 Å². The second kappa shape index (κ2) is 33.8. The van der Waals surface area contributed by atoms with Crippen LogP contribution in [0.3, 0.4) is 0 Å². The molecule has 418 valence electrons. The molecule has 76 heavy (non-hydrogen) atoms. The number of unbranched alkanes of at least 4 members (excludes halogenated alkanes) is 11. The third kappa shape index (κ3) is 17.9. The maximum atomic E-state index is 14.8. The van der Waals surface area contributed by atoms with E-state index in [1.54, 1.807) is 17.0 Å². The standard InChI is InChI=1S/C61H87N3O12/c1-3-5-6-7-8-9-10-11-12-21-32-62-59(68)75-50-30-31-55-53(43-50)57-51(29-20-23-35-66)49(28-19-22-34-65)42-52-54(63-74-46-48-26-17-14-18-27-48)44-56(61(76-55,58(52)57)73-37-4-2)64(33-38-70-39-36-67)60(69)72-41-40-71-45-47-24-15-13-16-25-47/h4,13-18,24-27,30-31,42-43,49,51,56-58,65-67H,2-3,5-12,19-23,28-29,32-41,44-46H2,1H3,(H,62,68). The number of oxime groups is 1. The number of carbonyl (C=O) groups excluding carboxylic acids is 2. The molecule has 2 amide bonds. The van der Waals surface area contributed by atoms with E-state index in [1.807, 2.05) is 72.8 Å². The van der Waals surface area contributed by atoms with Crippen LogP contribution in [-0.2, 0) is 37.0 Å². The monoisotopic (exact) mass is 1050 g/mol. The summed E-state index contributed by atoms with van der Waals surface area (Å²) in [7, 11) is 0. The van der Waals surface area contributed by atoms with Crippen molar-refractivity contribution in [1.82, 2.24) is 10.2 Å². The van der Waals surface area contributed by atoms with Gasteiger partial charge < -0.3 is 53.9 Å². The summed E-state index contributed by atoms with van der Waals surface area (Å²) in [5, 5.41) is 37.7. The molecule has 1 heterocycles. The lowest BCUT2D eigenvalue weighted by Gasteiger charge is -2.59. The highest BCUT2D eigenvalue weighted by Crippen LogP contribution is 2.62. The Hall–Kier alpha value is -5.29. The van der Waals surface area contributed by atoms with Gasteiger partial charge in [-0.05, 0) is 78.8 Å². The number of rotatable bonds is 37. The Morgan fingerprint density at radius 3 is 2.14 bits per heavy atom. The molecule has 1 aliphatic heterocycles. The van der Waals surface area contributed by atoms with Crippen molar-refractivity contribution in [3.8, 4) is 11.5 Å². The van der Waals surface area contributed by atoms with E-state index in [-0.39, 0.29) is 90.2 Å². The number of ether oxygens (including phenoxy) is 6. The van der Waals surface area contributed by atoms with Gasteiger partial charge in [-0.2, -0.15) is 0 Å². The topological polar surface area (TPSA) is 187 Å². The third-order valence-electron chi connectivity index (χ3n) is 14.8. The maximum Gasteiger partial charge on any atom is 0.412 e. The number of nitrogens with one attached hydrogen (secondary N) is 1. The predicted octanol–water partition coefficient (Wildman–Crippen LogP) is 11.2. The molecular weight excluding hydrogens is 967 g/mol. The van der Waals surface area contributed by atoms with Crippen molar-refractivity contribution in [3.63, 3.8) is 0 Å². The molecule has 4 N–H and O–H groups in total. The molecule has 0 bridgehead atoms. The smallest absolute Gasteiger partial charge is 0.412 e. The zero-order valence-electron chi connectivity index (χ0n) is 45.2. The van der Waals surface area contributed by atoms with Gasteiger partial charge in [-0.3, -0.25) is 4.90 Å². The van der Waals surface area contributed by atoms with Crippen molar-refractivity contribution >= 4 is 17.9 Å². The first kappa shape index (κ1) is 59.9. The van der Waals surface area contributed by atoms with Crippen LogP contribution in [-0.4, -0.2) is 116 Å². The first-order chi connectivity index (χ1) is 37.4. The van der Waals surface area contributed by atoms with Crippen LogP contribution in [0, 0.1) is 17.8 Å². The number of nitrogens with zero attached hydrogens (tertiary/aromatic N) is 2. The quantitative estimate of drug-likeness (QED) is 0.0244. The molecule has 2 aliphatic carbocycles. The summed E-state index contributed by atoms with van der Waals surface area (Å²) in [6, 6.07) is 24.1. The van der Waals surface area contributed by atoms with E-state index in [2.05, 4.69) is 24.9 Å². The SMILES string of the molecule is C=CCOC12Oc3ccc(OC(=O)NCCCCCCCCCCCC)cc3C3C(CCCCO)C(CCCCO)C=C(C(=NOCc4ccccc4)CC1N(CCOCCO)C(=O)OCCOCc1ccccc1)C32. The normalized spacial score (nSPS) is 20.9. The molecule has 3 aromatic rings. The van der Waals surface area contributed by atoms with Crippen molar-refractivity contribution in [1.29, 1.82) is 0 Å². The van der Waals surface area contributed by atoms with Crippen LogP contribution in [0.2, 0.25) is 0 Å². The van der Waals surface area contributed by atoms with Gasteiger partial charge in [0.1, 0.15) is 30.8 Å². The zero-order valence-corrected chi connectivity index (χ0v) is 45.2. The second-order valence-electron chi connectivity index (χ2n) is 20.2. The van der Waals surface area contributed by atoms with Crippen molar-refractivity contribution in [2.24, 2.45) is 22.9 Å². The highest BCUT2D eigenvalue weighted by molar-refractivity contribution is 6.03. The number of aliphatic hydroxyl groups is 3. The van der Waals surface area contributed by atoms with Gasteiger partial charge in [0.15, 0.2) is 0 Å². The minimum Gasteiger partial charge on any atom is -0.459 e. The van der Waals surface area contributed by atoms with Gasteiger partial charge in [-0.1, -0.05) is 156 Å². The fourth-order valence-electron chi connectivity index (χ4n) is 11.2. The van der Waals surface area contributed by atoms with Crippen LogP contribution in [0.1, 0.15) is 139 Å². The number of fused-ring (bicyclic) bond motifs is 2. The van der Waals surface area contributed by atoms with E-state index < -0.39 is 29.9 Å². The van der Waals surface area contributed by atoms with Crippen molar-refractivity contribution in [3.05, 3.63) is 120 Å². The Morgan fingerprint density at radius 1 is 0.776 bits per heavy atom. The lowest BCUT2D eigenvalue weighted by Crippen LogP contribution is -2.70. The summed E-state index contributed by atoms with van der Waals surface area (Å²) in [5.41, 5.74) is 4.21. The molecule has 6 unspecified atom stereocenters. The van der Waals surface area contributed by atoms with Gasteiger partial charge >= 0.3 is 12.2 Å². The Bertz CT molecular complexity index is 2210. The number of carbonyl (C=O) groups is 2. The molecule has 0 saturated heterocycles. The fourth-order valence-corrected chi connectivity index (χ4v) is 11.2. The Balaban J connectivity index is 1.38. The number of hydrogen-bond acceptors (Lipinski definition) is 13. The molecule has 3 aliphatic rings. The van der Waals surface area contributed by atoms with Gasteiger partial charge in [0.2, 0.25) is 5.79 Å². The molecule has 15 nitrogen and oxygen atoms in total. The number of allylic oxidation sites excluding steroid dienone is 1. The summed E-state index contributed by atoms with van der Waals surface area (Å²) < 4.78 is 38.3. The van der Waals surface area contributed by atoms with Gasteiger partial charge in [0.25, 0.3) is 0 Å².